The lowest BCUT2D eigenvalue weighted by molar-refractivity contribution is 0.0501. The molecule has 1 aliphatic carbocycles. The summed E-state index contributed by atoms with van der Waals surface area (Å²) in [6, 6.07) is 5.75. The SMILES string of the molecule is CCOC1Cc2cc(Br)ccc2C1=O. The topological polar surface area (TPSA) is 26.3 Å². The van der Waals surface area contributed by atoms with Gasteiger partial charge in [-0.1, -0.05) is 15.9 Å². The van der Waals surface area contributed by atoms with E-state index in [4.69, 9.17) is 4.74 Å². The number of fused-ring (bicyclic) bond motifs is 1. The molecule has 0 heterocycles. The van der Waals surface area contributed by atoms with Crippen molar-refractivity contribution >= 4 is 21.7 Å². The summed E-state index contributed by atoms with van der Waals surface area (Å²) in [5, 5.41) is 0. The summed E-state index contributed by atoms with van der Waals surface area (Å²) < 4.78 is 6.39. The summed E-state index contributed by atoms with van der Waals surface area (Å²) in [5.41, 5.74) is 1.90. The van der Waals surface area contributed by atoms with Gasteiger partial charge in [-0.25, -0.2) is 0 Å². The van der Waals surface area contributed by atoms with Crippen molar-refractivity contribution in [1.82, 2.24) is 0 Å². The fraction of sp³-hybridized carbons (Fsp3) is 0.364. The maximum atomic E-state index is 11.8. The van der Waals surface area contributed by atoms with Crippen LogP contribution in [0.4, 0.5) is 0 Å². The van der Waals surface area contributed by atoms with Crippen LogP contribution in [-0.4, -0.2) is 18.5 Å². The zero-order chi connectivity index (χ0) is 10.1. The molecule has 0 N–H and O–H groups in total. The van der Waals surface area contributed by atoms with Crippen LogP contribution < -0.4 is 0 Å². The molecule has 0 saturated heterocycles. The minimum atomic E-state index is -0.260. The minimum absolute atomic E-state index is 0.120. The van der Waals surface area contributed by atoms with Crippen molar-refractivity contribution in [3.05, 3.63) is 33.8 Å². The molecule has 2 nitrogen and oxygen atoms in total. The maximum absolute atomic E-state index is 11.8. The largest absolute Gasteiger partial charge is 0.370 e. The molecule has 1 aliphatic rings. The lowest BCUT2D eigenvalue weighted by atomic mass is 10.1. The molecule has 0 bridgehead atoms. The van der Waals surface area contributed by atoms with E-state index in [1.807, 2.05) is 25.1 Å². The molecular weight excluding hydrogens is 244 g/mol. The molecule has 0 spiro atoms. The number of ether oxygens (including phenoxy) is 1. The van der Waals surface area contributed by atoms with Crippen molar-refractivity contribution in [2.75, 3.05) is 6.61 Å². The van der Waals surface area contributed by atoms with E-state index in [9.17, 15) is 4.79 Å². The lowest BCUT2D eigenvalue weighted by Crippen LogP contribution is -2.19. The first kappa shape index (κ1) is 9.87. The fourth-order valence-corrected chi connectivity index (χ4v) is 2.18. The van der Waals surface area contributed by atoms with Crippen LogP contribution in [0, 0.1) is 0 Å². The van der Waals surface area contributed by atoms with Crippen LogP contribution in [0.1, 0.15) is 22.8 Å². The molecule has 0 amide bonds. The number of carbonyl (C=O) groups excluding carboxylic acids is 1. The second kappa shape index (κ2) is 3.83. The monoisotopic (exact) mass is 254 g/mol. The maximum Gasteiger partial charge on any atom is 0.192 e. The van der Waals surface area contributed by atoms with E-state index in [1.165, 1.54) is 0 Å². The van der Waals surface area contributed by atoms with Crippen molar-refractivity contribution in [2.24, 2.45) is 0 Å². The van der Waals surface area contributed by atoms with Crippen molar-refractivity contribution in [2.45, 2.75) is 19.4 Å². The highest BCUT2D eigenvalue weighted by atomic mass is 79.9. The number of rotatable bonds is 2. The molecule has 1 aromatic rings. The number of Topliss-reactive ketones (excluding diaryl/α,β-unsaturated/α-hetero) is 1. The van der Waals surface area contributed by atoms with Gasteiger partial charge in [-0.05, 0) is 30.7 Å². The smallest absolute Gasteiger partial charge is 0.192 e. The molecule has 0 aliphatic heterocycles. The van der Waals surface area contributed by atoms with Crippen LogP contribution in [0.25, 0.3) is 0 Å². The summed E-state index contributed by atoms with van der Waals surface area (Å²) >= 11 is 3.39. The highest BCUT2D eigenvalue weighted by Crippen LogP contribution is 2.26. The Hall–Kier alpha value is -0.670. The first-order valence-electron chi connectivity index (χ1n) is 4.66. The predicted octanol–water partition coefficient (Wildman–Crippen LogP) is 2.59. The molecule has 0 fully saturated rings. The third-order valence-electron chi connectivity index (χ3n) is 2.40. The van der Waals surface area contributed by atoms with E-state index < -0.39 is 0 Å². The highest BCUT2D eigenvalue weighted by molar-refractivity contribution is 9.10. The van der Waals surface area contributed by atoms with Gasteiger partial charge in [0, 0.05) is 23.1 Å². The number of hydrogen-bond donors (Lipinski definition) is 0. The molecule has 1 unspecified atom stereocenters. The lowest BCUT2D eigenvalue weighted by Gasteiger charge is -2.06. The van der Waals surface area contributed by atoms with Gasteiger partial charge < -0.3 is 4.74 Å². The zero-order valence-corrected chi connectivity index (χ0v) is 9.50. The Morgan fingerprint density at radius 2 is 2.36 bits per heavy atom. The van der Waals surface area contributed by atoms with Crippen molar-refractivity contribution < 1.29 is 9.53 Å². The number of hydrogen-bond acceptors (Lipinski definition) is 2. The quantitative estimate of drug-likeness (QED) is 0.811. The van der Waals surface area contributed by atoms with Gasteiger partial charge in [0.25, 0.3) is 0 Å². The van der Waals surface area contributed by atoms with E-state index in [2.05, 4.69) is 15.9 Å². The van der Waals surface area contributed by atoms with Gasteiger partial charge in [0.1, 0.15) is 6.10 Å². The van der Waals surface area contributed by atoms with Crippen LogP contribution in [-0.2, 0) is 11.2 Å². The van der Waals surface area contributed by atoms with Crippen molar-refractivity contribution in [3.63, 3.8) is 0 Å². The molecule has 0 saturated carbocycles. The van der Waals surface area contributed by atoms with Crippen LogP contribution in [0.15, 0.2) is 22.7 Å². The van der Waals surface area contributed by atoms with Crippen LogP contribution in [0.5, 0.6) is 0 Å². The Labute approximate surface area is 91.4 Å². The molecule has 2 rings (SSSR count). The molecule has 74 valence electrons. The number of ketones is 1. The van der Waals surface area contributed by atoms with Gasteiger partial charge in [-0.3, -0.25) is 4.79 Å². The van der Waals surface area contributed by atoms with Crippen LogP contribution in [0.3, 0.4) is 0 Å². The van der Waals surface area contributed by atoms with Crippen LogP contribution in [0.2, 0.25) is 0 Å². The zero-order valence-electron chi connectivity index (χ0n) is 7.92. The van der Waals surface area contributed by atoms with Gasteiger partial charge in [0.15, 0.2) is 5.78 Å². The van der Waals surface area contributed by atoms with E-state index in [1.54, 1.807) is 0 Å². The third kappa shape index (κ3) is 1.62. The molecule has 14 heavy (non-hydrogen) atoms. The van der Waals surface area contributed by atoms with Gasteiger partial charge >= 0.3 is 0 Å². The first-order valence-corrected chi connectivity index (χ1v) is 5.46. The Morgan fingerprint density at radius 3 is 3.07 bits per heavy atom. The number of carbonyl (C=O) groups is 1. The van der Waals surface area contributed by atoms with Crippen LogP contribution >= 0.6 is 15.9 Å². The fourth-order valence-electron chi connectivity index (χ4n) is 1.77. The molecule has 0 aromatic heterocycles. The summed E-state index contributed by atoms with van der Waals surface area (Å²) in [6.45, 7) is 2.50. The van der Waals surface area contributed by atoms with Crippen molar-refractivity contribution in [3.8, 4) is 0 Å². The summed E-state index contributed by atoms with van der Waals surface area (Å²) in [5.74, 6) is 0.120. The Morgan fingerprint density at radius 1 is 1.57 bits per heavy atom. The molecule has 1 atom stereocenters. The van der Waals surface area contributed by atoms with Gasteiger partial charge in [0.2, 0.25) is 0 Å². The first-order chi connectivity index (χ1) is 6.72. The van der Waals surface area contributed by atoms with Gasteiger partial charge in [0.05, 0.1) is 0 Å². The van der Waals surface area contributed by atoms with Gasteiger partial charge in [-0.15, -0.1) is 0 Å². The second-order valence-electron chi connectivity index (χ2n) is 3.31. The summed E-state index contributed by atoms with van der Waals surface area (Å²) in [7, 11) is 0. The highest BCUT2D eigenvalue weighted by Gasteiger charge is 2.30. The minimum Gasteiger partial charge on any atom is -0.370 e. The number of halogens is 1. The predicted molar refractivity (Wildman–Crippen MR) is 57.6 cm³/mol. The summed E-state index contributed by atoms with van der Waals surface area (Å²) in [6.07, 6.45) is 0.450. The second-order valence-corrected chi connectivity index (χ2v) is 4.23. The molecule has 3 heteroatoms. The van der Waals surface area contributed by atoms with Gasteiger partial charge in [-0.2, -0.15) is 0 Å². The Balaban J connectivity index is 2.31. The third-order valence-corrected chi connectivity index (χ3v) is 2.89. The molecule has 1 aromatic carbocycles. The molecule has 0 radical (unpaired) electrons. The van der Waals surface area contributed by atoms with E-state index >= 15 is 0 Å². The Bertz CT molecular complexity index is 374. The average Bonchev–Trinajstić information content (AvgIpc) is 2.44. The average molecular weight is 255 g/mol. The normalized spacial score (nSPS) is 19.9. The van der Waals surface area contributed by atoms with E-state index in [0.717, 1.165) is 15.6 Å². The molecular formula is C11H11BrO2. The standard InChI is InChI=1S/C11H11BrO2/c1-2-14-10-6-7-5-8(12)3-4-9(7)11(10)13/h3-5,10H,2,6H2,1H3. The van der Waals surface area contributed by atoms with Crippen molar-refractivity contribution in [1.29, 1.82) is 0 Å². The number of benzene rings is 1. The van der Waals surface area contributed by atoms with E-state index in [0.29, 0.717) is 13.0 Å². The Kier molecular flexibility index (Phi) is 2.70. The summed E-state index contributed by atoms with van der Waals surface area (Å²) in [4.78, 5) is 11.8. The van der Waals surface area contributed by atoms with E-state index in [-0.39, 0.29) is 11.9 Å².